The van der Waals surface area contributed by atoms with E-state index in [4.69, 9.17) is 0 Å². The fraction of sp³-hybridized carbons (Fsp3) is 0.259. The first-order chi connectivity index (χ1) is 15.0. The smallest absolute Gasteiger partial charge is 0.248 e. The van der Waals surface area contributed by atoms with Crippen molar-refractivity contribution in [3.63, 3.8) is 0 Å². The number of benzene rings is 3. The SMILES string of the molecule is Cc1cc(C)c(C(=O)P(=O)(C(=O)c2c(C)cc(C)cc2C)c2ccc(CO)cc2)c(C)c1. The van der Waals surface area contributed by atoms with E-state index in [2.05, 4.69) is 0 Å². The van der Waals surface area contributed by atoms with Gasteiger partial charge in [-0.05, 0) is 69.4 Å². The third-order valence-electron chi connectivity index (χ3n) is 5.84. The maximum atomic E-state index is 14.6. The summed E-state index contributed by atoms with van der Waals surface area (Å²) in [5.74, 6) is 0. The topological polar surface area (TPSA) is 71.4 Å². The molecule has 0 aliphatic carbocycles. The number of carbonyl (C=O) groups is 2. The maximum absolute atomic E-state index is 14.6. The number of aryl methyl sites for hydroxylation is 6. The zero-order chi connectivity index (χ0) is 23.8. The van der Waals surface area contributed by atoms with Gasteiger partial charge in [0.05, 0.1) is 6.61 Å². The van der Waals surface area contributed by atoms with Crippen molar-refractivity contribution in [2.75, 3.05) is 0 Å². The molecule has 0 atom stereocenters. The molecule has 0 aliphatic rings. The molecule has 166 valence electrons. The van der Waals surface area contributed by atoms with Crippen molar-refractivity contribution in [1.82, 2.24) is 0 Å². The quantitative estimate of drug-likeness (QED) is 0.491. The van der Waals surface area contributed by atoms with E-state index in [9.17, 15) is 19.3 Å². The number of aliphatic hydroxyl groups is 1. The highest BCUT2D eigenvalue weighted by molar-refractivity contribution is 8.01. The molecule has 0 saturated heterocycles. The molecule has 0 saturated carbocycles. The highest BCUT2D eigenvalue weighted by Gasteiger charge is 2.44. The molecule has 32 heavy (non-hydrogen) atoms. The Hall–Kier alpha value is -2.81. The van der Waals surface area contributed by atoms with Crippen molar-refractivity contribution in [3.05, 3.63) is 98.6 Å². The van der Waals surface area contributed by atoms with Crippen molar-refractivity contribution in [2.24, 2.45) is 0 Å². The summed E-state index contributed by atoms with van der Waals surface area (Å²) in [5, 5.41) is 9.58. The van der Waals surface area contributed by atoms with E-state index in [1.54, 1.807) is 39.8 Å². The lowest BCUT2D eigenvalue weighted by Gasteiger charge is -2.21. The van der Waals surface area contributed by atoms with Crippen LogP contribution in [0.3, 0.4) is 0 Å². The number of carbonyl (C=O) groups excluding carboxylic acids is 2. The van der Waals surface area contributed by atoms with Gasteiger partial charge in [-0.1, -0.05) is 59.7 Å². The zero-order valence-electron chi connectivity index (χ0n) is 19.4. The summed E-state index contributed by atoms with van der Waals surface area (Å²) in [7, 11) is -4.23. The monoisotopic (exact) mass is 448 g/mol. The van der Waals surface area contributed by atoms with Gasteiger partial charge in [-0.3, -0.25) is 9.59 Å². The second kappa shape index (κ2) is 8.97. The summed E-state index contributed by atoms with van der Waals surface area (Å²) in [6, 6.07) is 13.7. The van der Waals surface area contributed by atoms with Gasteiger partial charge in [0.2, 0.25) is 18.2 Å². The molecule has 0 unspecified atom stereocenters. The summed E-state index contributed by atoms with van der Waals surface area (Å²) < 4.78 is 14.6. The molecule has 0 aromatic heterocycles. The molecule has 5 heteroatoms. The van der Waals surface area contributed by atoms with Crippen LogP contribution in [0.2, 0.25) is 0 Å². The van der Waals surface area contributed by atoms with Crippen molar-refractivity contribution in [1.29, 1.82) is 0 Å². The summed E-state index contributed by atoms with van der Waals surface area (Å²) >= 11 is 0. The van der Waals surface area contributed by atoms with Gasteiger partial charge in [-0.2, -0.15) is 0 Å². The van der Waals surface area contributed by atoms with Crippen LogP contribution in [0.5, 0.6) is 0 Å². The largest absolute Gasteiger partial charge is 0.392 e. The van der Waals surface area contributed by atoms with Gasteiger partial charge in [0.1, 0.15) is 0 Å². The van der Waals surface area contributed by atoms with Crippen LogP contribution in [0.1, 0.15) is 59.7 Å². The molecule has 0 heterocycles. The predicted molar refractivity (Wildman–Crippen MR) is 130 cm³/mol. The molecule has 3 rings (SSSR count). The van der Waals surface area contributed by atoms with Crippen molar-refractivity contribution >= 4 is 23.5 Å². The van der Waals surface area contributed by atoms with E-state index in [1.165, 1.54) is 12.1 Å². The van der Waals surface area contributed by atoms with E-state index in [1.807, 2.05) is 38.1 Å². The van der Waals surface area contributed by atoms with Crippen LogP contribution in [-0.4, -0.2) is 16.2 Å². The van der Waals surface area contributed by atoms with E-state index < -0.39 is 18.2 Å². The van der Waals surface area contributed by atoms with Crippen LogP contribution in [0, 0.1) is 41.5 Å². The number of aliphatic hydroxyl groups excluding tert-OH is 1. The average Bonchev–Trinajstić information content (AvgIpc) is 2.71. The number of rotatable bonds is 6. The molecular formula is C27H29O4P. The van der Waals surface area contributed by atoms with Gasteiger partial charge in [0, 0.05) is 16.4 Å². The molecule has 3 aromatic carbocycles. The Balaban J connectivity index is 2.31. The molecule has 3 aromatic rings. The van der Waals surface area contributed by atoms with Gasteiger partial charge in [-0.25, -0.2) is 0 Å². The summed E-state index contributed by atoms with van der Waals surface area (Å²) in [6.45, 7) is 10.9. The minimum absolute atomic E-state index is 0.182. The Bertz CT molecular complexity index is 1150. The van der Waals surface area contributed by atoms with Crippen LogP contribution < -0.4 is 5.30 Å². The van der Waals surface area contributed by atoms with Crippen LogP contribution in [0.4, 0.5) is 0 Å². The second-order valence-electron chi connectivity index (χ2n) is 8.59. The normalized spacial score (nSPS) is 11.5. The lowest BCUT2D eigenvalue weighted by molar-refractivity contribution is 0.104. The third kappa shape index (κ3) is 4.13. The molecule has 4 nitrogen and oxygen atoms in total. The Morgan fingerprint density at radius 2 is 1.03 bits per heavy atom. The Kier molecular flexibility index (Phi) is 6.69. The van der Waals surface area contributed by atoms with E-state index in [0.717, 1.165) is 11.1 Å². The summed E-state index contributed by atoms with van der Waals surface area (Å²) in [4.78, 5) is 27.9. The summed E-state index contributed by atoms with van der Waals surface area (Å²) in [6.07, 6.45) is 0. The van der Waals surface area contributed by atoms with Crippen molar-refractivity contribution in [3.8, 4) is 0 Å². The highest BCUT2D eigenvalue weighted by Crippen LogP contribution is 2.52. The van der Waals surface area contributed by atoms with Crippen LogP contribution in [-0.2, 0) is 11.2 Å². The van der Waals surface area contributed by atoms with Gasteiger partial charge in [0.15, 0.2) is 0 Å². The molecule has 0 fully saturated rings. The van der Waals surface area contributed by atoms with Crippen molar-refractivity contribution < 1.29 is 19.3 Å². The Labute approximate surface area is 189 Å². The fourth-order valence-corrected chi connectivity index (χ4v) is 7.05. The predicted octanol–water partition coefficient (Wildman–Crippen LogP) is 5.70. The fourth-order valence-electron chi connectivity index (χ4n) is 4.49. The third-order valence-corrected chi connectivity index (χ3v) is 8.45. The first-order valence-electron chi connectivity index (χ1n) is 10.6. The zero-order valence-corrected chi connectivity index (χ0v) is 20.3. The molecule has 0 spiro atoms. The second-order valence-corrected chi connectivity index (χ2v) is 11.1. The Morgan fingerprint density at radius 3 is 1.34 bits per heavy atom. The van der Waals surface area contributed by atoms with E-state index in [0.29, 0.717) is 38.9 Å². The number of hydrogen-bond donors (Lipinski definition) is 1. The van der Waals surface area contributed by atoms with E-state index >= 15 is 0 Å². The lowest BCUT2D eigenvalue weighted by Crippen LogP contribution is -2.23. The Morgan fingerprint density at radius 1 is 0.688 bits per heavy atom. The number of hydrogen-bond acceptors (Lipinski definition) is 4. The molecule has 0 bridgehead atoms. The molecule has 0 amide bonds. The lowest BCUT2D eigenvalue weighted by atomic mass is 10.0. The molecule has 0 aliphatic heterocycles. The first kappa shape index (κ1) is 23.8. The van der Waals surface area contributed by atoms with Gasteiger partial charge < -0.3 is 9.67 Å². The van der Waals surface area contributed by atoms with Gasteiger partial charge >= 0.3 is 0 Å². The minimum atomic E-state index is -4.23. The maximum Gasteiger partial charge on any atom is 0.248 e. The molecule has 1 N–H and O–H groups in total. The van der Waals surface area contributed by atoms with Crippen molar-refractivity contribution in [2.45, 2.75) is 48.1 Å². The van der Waals surface area contributed by atoms with Crippen LogP contribution in [0.15, 0.2) is 48.5 Å². The highest BCUT2D eigenvalue weighted by atomic mass is 31.2. The van der Waals surface area contributed by atoms with Gasteiger partial charge in [0.25, 0.3) is 0 Å². The first-order valence-corrected chi connectivity index (χ1v) is 12.3. The summed E-state index contributed by atoms with van der Waals surface area (Å²) in [5.41, 5.74) is 4.78. The average molecular weight is 448 g/mol. The standard InChI is InChI=1S/C27H29O4P/c1-16-11-18(3)24(19(4)12-16)26(29)32(31,23-9-7-22(15-28)8-10-23)27(30)25-20(5)13-17(2)14-21(25)6/h7-14,28H,15H2,1-6H3. The van der Waals surface area contributed by atoms with Crippen LogP contribution >= 0.6 is 7.14 Å². The minimum Gasteiger partial charge on any atom is -0.392 e. The molecule has 0 radical (unpaired) electrons. The molecular weight excluding hydrogens is 419 g/mol. The van der Waals surface area contributed by atoms with Crippen LogP contribution in [0.25, 0.3) is 0 Å². The van der Waals surface area contributed by atoms with E-state index in [-0.39, 0.29) is 11.9 Å². The van der Waals surface area contributed by atoms with Gasteiger partial charge in [-0.15, -0.1) is 0 Å².